The van der Waals surface area contributed by atoms with Crippen molar-refractivity contribution in [1.82, 2.24) is 15.1 Å². The number of halogens is 1. The number of hydrogen-bond donors (Lipinski definition) is 1. The summed E-state index contributed by atoms with van der Waals surface area (Å²) in [5.74, 6) is 0.775. The monoisotopic (exact) mass is 304 g/mol. The van der Waals surface area contributed by atoms with Crippen LogP contribution in [-0.4, -0.2) is 35.2 Å². The van der Waals surface area contributed by atoms with Crippen molar-refractivity contribution in [2.45, 2.75) is 19.4 Å². The highest BCUT2D eigenvalue weighted by atomic mass is 35.5. The standard InChI is InChI=1S/C16H21ClN4/c1-21(13-14-7-3-2-4-8-14)12-6-5-11-18-16-10-9-15(17)19-20-16/h2-4,7-10H,5-6,11-13H2,1H3,(H,18,20). The lowest BCUT2D eigenvalue weighted by atomic mass is 10.2. The van der Waals surface area contributed by atoms with Crippen LogP contribution in [0, 0.1) is 0 Å². The lowest BCUT2D eigenvalue weighted by molar-refractivity contribution is 0.320. The molecule has 4 nitrogen and oxygen atoms in total. The van der Waals surface area contributed by atoms with Gasteiger partial charge in [-0.1, -0.05) is 41.9 Å². The van der Waals surface area contributed by atoms with E-state index in [1.807, 2.05) is 6.07 Å². The van der Waals surface area contributed by atoms with Crippen LogP contribution in [0.2, 0.25) is 5.15 Å². The van der Waals surface area contributed by atoms with Crippen LogP contribution in [0.1, 0.15) is 18.4 Å². The molecule has 5 heteroatoms. The molecule has 0 saturated heterocycles. The molecule has 2 rings (SSSR count). The van der Waals surface area contributed by atoms with Crippen molar-refractivity contribution in [3.8, 4) is 0 Å². The van der Waals surface area contributed by atoms with E-state index in [0.717, 1.165) is 38.3 Å². The summed E-state index contributed by atoms with van der Waals surface area (Å²) in [6, 6.07) is 14.1. The van der Waals surface area contributed by atoms with Crippen molar-refractivity contribution in [2.24, 2.45) is 0 Å². The maximum Gasteiger partial charge on any atom is 0.151 e. The van der Waals surface area contributed by atoms with Crippen molar-refractivity contribution < 1.29 is 0 Å². The summed E-state index contributed by atoms with van der Waals surface area (Å²) in [7, 11) is 2.16. The van der Waals surface area contributed by atoms with Gasteiger partial charge in [0.15, 0.2) is 5.15 Å². The smallest absolute Gasteiger partial charge is 0.151 e. The van der Waals surface area contributed by atoms with Crippen molar-refractivity contribution >= 4 is 17.4 Å². The minimum Gasteiger partial charge on any atom is -0.369 e. The second-order valence-electron chi connectivity index (χ2n) is 5.10. The van der Waals surface area contributed by atoms with Gasteiger partial charge in [0, 0.05) is 13.1 Å². The predicted molar refractivity (Wildman–Crippen MR) is 87.5 cm³/mol. The molecule has 0 unspecified atom stereocenters. The molecule has 2 aromatic rings. The molecular formula is C16H21ClN4. The zero-order chi connectivity index (χ0) is 14.9. The van der Waals surface area contributed by atoms with E-state index in [4.69, 9.17) is 11.6 Å². The number of hydrogen-bond acceptors (Lipinski definition) is 4. The normalized spacial score (nSPS) is 10.8. The first kappa shape index (κ1) is 15.7. The largest absolute Gasteiger partial charge is 0.369 e. The Bertz CT molecular complexity index is 516. The number of aromatic nitrogens is 2. The average Bonchev–Trinajstić information content (AvgIpc) is 2.50. The number of rotatable bonds is 8. The van der Waals surface area contributed by atoms with Crippen molar-refractivity contribution in [3.05, 3.63) is 53.2 Å². The van der Waals surface area contributed by atoms with Gasteiger partial charge in [-0.3, -0.25) is 0 Å². The first-order chi connectivity index (χ1) is 10.2. The van der Waals surface area contributed by atoms with E-state index in [1.54, 1.807) is 6.07 Å². The Morgan fingerprint density at radius 2 is 1.86 bits per heavy atom. The molecule has 0 aliphatic rings. The van der Waals surface area contributed by atoms with Crippen LogP contribution in [0.25, 0.3) is 0 Å². The van der Waals surface area contributed by atoms with Crippen LogP contribution in [0.15, 0.2) is 42.5 Å². The Morgan fingerprint density at radius 1 is 1.05 bits per heavy atom. The predicted octanol–water partition coefficient (Wildman–Crippen LogP) is 3.45. The SMILES string of the molecule is CN(CCCCNc1ccc(Cl)nn1)Cc1ccccc1. The lowest BCUT2D eigenvalue weighted by Crippen LogP contribution is -2.19. The molecule has 21 heavy (non-hydrogen) atoms. The van der Waals surface area contributed by atoms with Gasteiger partial charge < -0.3 is 10.2 Å². The molecule has 1 aromatic carbocycles. The molecule has 1 aromatic heterocycles. The van der Waals surface area contributed by atoms with E-state index in [2.05, 4.69) is 57.8 Å². The number of nitrogens with zero attached hydrogens (tertiary/aromatic N) is 3. The van der Waals surface area contributed by atoms with Gasteiger partial charge in [-0.25, -0.2) is 0 Å². The molecule has 0 radical (unpaired) electrons. The summed E-state index contributed by atoms with van der Waals surface area (Å²) in [5, 5.41) is 11.4. The van der Waals surface area contributed by atoms with E-state index < -0.39 is 0 Å². The van der Waals surface area contributed by atoms with Crippen LogP contribution in [-0.2, 0) is 6.54 Å². The zero-order valence-corrected chi connectivity index (χ0v) is 13.1. The molecule has 1 N–H and O–H groups in total. The molecule has 112 valence electrons. The third kappa shape index (κ3) is 6.10. The van der Waals surface area contributed by atoms with Crippen molar-refractivity contribution in [1.29, 1.82) is 0 Å². The number of benzene rings is 1. The fourth-order valence-electron chi connectivity index (χ4n) is 2.11. The third-order valence-corrected chi connectivity index (χ3v) is 3.40. The lowest BCUT2D eigenvalue weighted by Gasteiger charge is -2.16. The van der Waals surface area contributed by atoms with E-state index in [1.165, 1.54) is 5.56 Å². The first-order valence-corrected chi connectivity index (χ1v) is 7.57. The van der Waals surface area contributed by atoms with E-state index >= 15 is 0 Å². The summed E-state index contributed by atoms with van der Waals surface area (Å²) in [6.45, 7) is 2.98. The van der Waals surface area contributed by atoms with Crippen LogP contribution >= 0.6 is 11.6 Å². The minimum atomic E-state index is 0.420. The van der Waals surface area contributed by atoms with Gasteiger partial charge in [0.1, 0.15) is 5.82 Å². The van der Waals surface area contributed by atoms with Crippen LogP contribution < -0.4 is 5.32 Å². The molecule has 0 aliphatic carbocycles. The van der Waals surface area contributed by atoms with Gasteiger partial charge >= 0.3 is 0 Å². The highest BCUT2D eigenvalue weighted by Gasteiger charge is 2.00. The first-order valence-electron chi connectivity index (χ1n) is 7.19. The maximum absolute atomic E-state index is 5.69. The zero-order valence-electron chi connectivity index (χ0n) is 12.3. The third-order valence-electron chi connectivity index (χ3n) is 3.20. The van der Waals surface area contributed by atoms with E-state index in [9.17, 15) is 0 Å². The van der Waals surface area contributed by atoms with Crippen molar-refractivity contribution in [2.75, 3.05) is 25.5 Å². The fourth-order valence-corrected chi connectivity index (χ4v) is 2.21. The average molecular weight is 305 g/mol. The van der Waals surface area contributed by atoms with Gasteiger partial charge in [-0.15, -0.1) is 10.2 Å². The summed E-state index contributed by atoms with van der Waals surface area (Å²) in [6.07, 6.45) is 2.25. The molecule has 0 fully saturated rings. The van der Waals surface area contributed by atoms with Gasteiger partial charge in [0.2, 0.25) is 0 Å². The molecule has 0 amide bonds. The van der Waals surface area contributed by atoms with E-state index in [0.29, 0.717) is 5.15 Å². The quantitative estimate of drug-likeness (QED) is 0.758. The van der Waals surface area contributed by atoms with Crippen LogP contribution in [0.4, 0.5) is 5.82 Å². The topological polar surface area (TPSA) is 41.0 Å². The Hall–Kier alpha value is -1.65. The Morgan fingerprint density at radius 3 is 2.57 bits per heavy atom. The molecule has 1 heterocycles. The second-order valence-corrected chi connectivity index (χ2v) is 5.49. The fraction of sp³-hybridized carbons (Fsp3) is 0.375. The summed E-state index contributed by atoms with van der Waals surface area (Å²) in [5.41, 5.74) is 1.36. The van der Waals surface area contributed by atoms with Gasteiger partial charge in [0.05, 0.1) is 0 Å². The van der Waals surface area contributed by atoms with E-state index in [-0.39, 0.29) is 0 Å². The van der Waals surface area contributed by atoms with Crippen molar-refractivity contribution in [3.63, 3.8) is 0 Å². The Labute approximate surface area is 131 Å². The minimum absolute atomic E-state index is 0.420. The van der Waals surface area contributed by atoms with Crippen LogP contribution in [0.3, 0.4) is 0 Å². The second kappa shape index (κ2) is 8.60. The molecule has 0 bridgehead atoms. The molecule has 0 spiro atoms. The maximum atomic E-state index is 5.69. The summed E-state index contributed by atoms with van der Waals surface area (Å²) < 4.78 is 0. The Kier molecular flexibility index (Phi) is 6.44. The molecule has 0 atom stereocenters. The van der Waals surface area contributed by atoms with Crippen LogP contribution in [0.5, 0.6) is 0 Å². The number of anilines is 1. The number of nitrogens with one attached hydrogen (secondary N) is 1. The highest BCUT2D eigenvalue weighted by molar-refractivity contribution is 6.29. The molecular weight excluding hydrogens is 284 g/mol. The van der Waals surface area contributed by atoms with Gasteiger partial charge in [-0.05, 0) is 44.1 Å². The Balaban J connectivity index is 1.58. The highest BCUT2D eigenvalue weighted by Crippen LogP contribution is 2.07. The molecule has 0 saturated carbocycles. The van der Waals surface area contributed by atoms with Gasteiger partial charge in [0.25, 0.3) is 0 Å². The molecule has 0 aliphatic heterocycles. The van der Waals surface area contributed by atoms with Gasteiger partial charge in [-0.2, -0.15) is 0 Å². The summed E-state index contributed by atoms with van der Waals surface area (Å²) in [4.78, 5) is 2.34. The number of unbranched alkanes of at least 4 members (excludes halogenated alkanes) is 1. The summed E-state index contributed by atoms with van der Waals surface area (Å²) >= 11 is 5.69.